The van der Waals surface area contributed by atoms with Gasteiger partial charge in [0, 0.05) is 16.1 Å². The molecule has 0 amide bonds. The quantitative estimate of drug-likeness (QED) is 0.189. The molecule has 2 unspecified atom stereocenters. The van der Waals surface area contributed by atoms with Gasteiger partial charge in [-0.05, 0) is 11.8 Å². The fourth-order valence-electron chi connectivity index (χ4n) is 5.09. The van der Waals surface area contributed by atoms with E-state index in [0.29, 0.717) is 11.8 Å². The van der Waals surface area contributed by atoms with Gasteiger partial charge in [-0.3, -0.25) is 0 Å². The maximum atomic E-state index is 2.49. The molecule has 0 aliphatic carbocycles. The first-order valence-corrected chi connectivity index (χ1v) is 19.2. The largest absolute Gasteiger partial charge is 4.00 e. The Morgan fingerprint density at radius 3 is 1.10 bits per heavy atom. The topological polar surface area (TPSA) is 0 Å². The normalized spacial score (nSPS) is 13.6. The van der Waals surface area contributed by atoms with E-state index in [1.165, 1.54) is 23.2 Å². The molecule has 0 nitrogen and oxygen atoms in total. The van der Waals surface area contributed by atoms with Crippen LogP contribution in [0.5, 0.6) is 0 Å². The van der Waals surface area contributed by atoms with Crippen LogP contribution in [0.25, 0.3) is 0 Å². The summed E-state index contributed by atoms with van der Waals surface area (Å²) in [5, 5.41) is 6.27. The Bertz CT molecular complexity index is 1100. The summed E-state index contributed by atoms with van der Waals surface area (Å²) in [5.41, 5.74) is 2.96. The maximum Gasteiger partial charge on any atom is 4.00 e. The van der Waals surface area contributed by atoms with Crippen molar-refractivity contribution in [3.8, 4) is 0 Å². The molecule has 0 fully saturated rings. The van der Waals surface area contributed by atoms with Gasteiger partial charge < -0.3 is 24.8 Å². The summed E-state index contributed by atoms with van der Waals surface area (Å²) in [4.78, 5) is 0. The van der Waals surface area contributed by atoms with Gasteiger partial charge >= 0.3 is 25.8 Å². The third kappa shape index (κ3) is 9.00. The minimum atomic E-state index is -1.50. The number of halogens is 2. The molecule has 0 heterocycles. The van der Waals surface area contributed by atoms with Crippen LogP contribution in [0.3, 0.4) is 0 Å². The molecule has 208 valence electrons. The molecule has 0 aliphatic heterocycles. The van der Waals surface area contributed by atoms with Crippen molar-refractivity contribution in [3.05, 3.63) is 108 Å². The van der Waals surface area contributed by atoms with E-state index < -0.39 is 16.1 Å². The van der Waals surface area contributed by atoms with Gasteiger partial charge in [0.15, 0.2) is 0 Å². The van der Waals surface area contributed by atoms with Crippen molar-refractivity contribution in [1.29, 1.82) is 0 Å². The van der Waals surface area contributed by atoms with E-state index >= 15 is 0 Å². The van der Waals surface area contributed by atoms with Crippen LogP contribution in [0, 0.1) is 0 Å². The standard InChI is InChI=1S/2C17H23Si.2ClH.Hf/c2*1-5-18(4,16-9-7-6-8-10-16)17-12-11-15(13-17)14(2)3;;;/h2*6-14H,5H2,1-4H3;2*1H;/q2*-1;;;+4/p-2. The van der Waals surface area contributed by atoms with Crippen molar-refractivity contribution in [2.24, 2.45) is 0 Å². The SMILES string of the molecule is CC[Si](C)(c1ccccc1)c1c[cH-]c(C(C)C)c1.CC[Si](C)(c1ccccc1)c1c[cH-]c(C(C)C)c1.[Cl-].[Cl-].[Hf+4]. The Balaban J connectivity index is 0.000000688. The van der Waals surface area contributed by atoms with E-state index in [2.05, 4.69) is 152 Å². The molecular formula is C34H46Cl2HfSi2. The molecule has 0 aromatic heterocycles. The van der Waals surface area contributed by atoms with Gasteiger partial charge in [-0.15, -0.1) is 0 Å². The monoisotopic (exact) mass is 760 g/mol. The number of hydrogen-bond acceptors (Lipinski definition) is 0. The van der Waals surface area contributed by atoms with Gasteiger partial charge in [-0.1, -0.05) is 138 Å². The first-order valence-electron chi connectivity index (χ1n) is 13.8. The summed E-state index contributed by atoms with van der Waals surface area (Å²) in [5.74, 6) is 1.26. The molecule has 0 saturated carbocycles. The third-order valence-corrected chi connectivity index (χ3v) is 17.6. The minimum absolute atomic E-state index is 0. The van der Waals surface area contributed by atoms with Crippen molar-refractivity contribution in [2.45, 2.75) is 78.6 Å². The molecule has 0 spiro atoms. The molecule has 0 saturated heterocycles. The molecular weight excluding hydrogens is 714 g/mol. The van der Waals surface area contributed by atoms with E-state index in [4.69, 9.17) is 0 Å². The van der Waals surface area contributed by atoms with Crippen molar-refractivity contribution in [2.75, 3.05) is 0 Å². The first kappa shape index (κ1) is 38.0. The summed E-state index contributed by atoms with van der Waals surface area (Å²) in [7, 11) is -3.00. The predicted molar refractivity (Wildman–Crippen MR) is 168 cm³/mol. The van der Waals surface area contributed by atoms with Crippen molar-refractivity contribution in [3.63, 3.8) is 0 Å². The van der Waals surface area contributed by atoms with Crippen LogP contribution in [0.2, 0.25) is 25.2 Å². The van der Waals surface area contributed by atoms with Crippen LogP contribution in [0.4, 0.5) is 0 Å². The zero-order chi connectivity index (χ0) is 26.3. The molecule has 4 rings (SSSR count). The molecule has 4 aromatic rings. The van der Waals surface area contributed by atoms with Gasteiger partial charge in [0.1, 0.15) is 0 Å². The first-order chi connectivity index (χ1) is 17.2. The molecule has 0 radical (unpaired) electrons. The number of rotatable bonds is 8. The second kappa shape index (κ2) is 17.1. The summed E-state index contributed by atoms with van der Waals surface area (Å²) in [6, 6.07) is 38.8. The summed E-state index contributed by atoms with van der Waals surface area (Å²) in [6.45, 7) is 18.7. The maximum absolute atomic E-state index is 2.49. The van der Waals surface area contributed by atoms with Gasteiger partial charge in [-0.2, -0.15) is 45.8 Å². The average molecular weight is 760 g/mol. The Morgan fingerprint density at radius 1 is 0.564 bits per heavy atom. The van der Waals surface area contributed by atoms with Crippen LogP contribution in [0.1, 0.15) is 64.5 Å². The fourth-order valence-corrected chi connectivity index (χ4v) is 11.1. The van der Waals surface area contributed by atoms with Crippen LogP contribution in [-0.4, -0.2) is 16.1 Å². The molecule has 0 bridgehead atoms. The van der Waals surface area contributed by atoms with Crippen LogP contribution in [-0.2, 0) is 25.8 Å². The van der Waals surface area contributed by atoms with E-state index in [1.54, 1.807) is 20.7 Å². The summed E-state index contributed by atoms with van der Waals surface area (Å²) in [6.07, 6.45) is 0. The van der Waals surface area contributed by atoms with E-state index in [-0.39, 0.29) is 50.7 Å². The van der Waals surface area contributed by atoms with Gasteiger partial charge in [-0.25, -0.2) is 12.1 Å². The summed E-state index contributed by atoms with van der Waals surface area (Å²) < 4.78 is 0. The average Bonchev–Trinajstić information content (AvgIpc) is 3.61. The van der Waals surface area contributed by atoms with Crippen LogP contribution >= 0.6 is 0 Å². The van der Waals surface area contributed by atoms with E-state index in [1.807, 2.05) is 0 Å². The van der Waals surface area contributed by atoms with E-state index in [9.17, 15) is 0 Å². The molecule has 0 N–H and O–H groups in total. The second-order valence-electron chi connectivity index (χ2n) is 11.3. The molecule has 39 heavy (non-hydrogen) atoms. The number of benzene rings is 2. The Hall–Kier alpha value is -0.976. The zero-order valence-corrected chi connectivity index (χ0v) is 32.2. The third-order valence-electron chi connectivity index (χ3n) is 8.40. The fraction of sp³-hybridized carbons (Fsp3) is 0.353. The van der Waals surface area contributed by atoms with Gasteiger partial charge in [0.05, 0.1) is 0 Å². The minimum Gasteiger partial charge on any atom is -1.00 e. The zero-order valence-electron chi connectivity index (χ0n) is 25.1. The van der Waals surface area contributed by atoms with Crippen LogP contribution in [0.15, 0.2) is 97.1 Å². The van der Waals surface area contributed by atoms with E-state index in [0.717, 1.165) is 0 Å². The molecule has 5 heteroatoms. The van der Waals surface area contributed by atoms with Crippen molar-refractivity contribution in [1.82, 2.24) is 0 Å². The van der Waals surface area contributed by atoms with Crippen molar-refractivity contribution < 1.29 is 50.7 Å². The predicted octanol–water partition coefficient (Wildman–Crippen LogP) is 1.49. The van der Waals surface area contributed by atoms with Gasteiger partial charge in [0.25, 0.3) is 0 Å². The molecule has 4 aromatic carbocycles. The van der Waals surface area contributed by atoms with Crippen LogP contribution < -0.4 is 45.6 Å². The molecule has 2 atom stereocenters. The second-order valence-corrected chi connectivity index (χ2v) is 20.3. The number of hydrogen-bond donors (Lipinski definition) is 0. The molecule has 0 aliphatic rings. The Labute approximate surface area is 272 Å². The smallest absolute Gasteiger partial charge is 1.00 e. The Morgan fingerprint density at radius 2 is 0.872 bits per heavy atom. The Kier molecular flexibility index (Phi) is 16.7. The van der Waals surface area contributed by atoms with Gasteiger partial charge in [0.2, 0.25) is 0 Å². The van der Waals surface area contributed by atoms with Crippen molar-refractivity contribution >= 4 is 36.9 Å². The summed E-state index contributed by atoms with van der Waals surface area (Å²) >= 11 is 0.